The van der Waals surface area contributed by atoms with E-state index >= 15 is 0 Å². The van der Waals surface area contributed by atoms with E-state index in [0.717, 1.165) is 28.0 Å². The zero-order valence-electron chi connectivity index (χ0n) is 10.9. The lowest BCUT2D eigenvalue weighted by Gasteiger charge is -1.94. The third-order valence-electron chi connectivity index (χ3n) is 3.50. The highest BCUT2D eigenvalue weighted by atomic mass is 16.3. The number of aryl methyl sites for hydroxylation is 1. The highest BCUT2D eigenvalue weighted by Crippen LogP contribution is 2.31. The van der Waals surface area contributed by atoms with Crippen LogP contribution in [0.5, 0.6) is 5.75 Å². The Morgan fingerprint density at radius 3 is 2.90 bits per heavy atom. The number of imidazole rings is 1. The van der Waals surface area contributed by atoms with E-state index in [0.29, 0.717) is 5.76 Å². The topological polar surface area (TPSA) is 50.7 Å². The first kappa shape index (κ1) is 11.1. The Bertz CT molecular complexity index is 934. The van der Waals surface area contributed by atoms with E-state index in [1.165, 1.54) is 0 Å². The van der Waals surface area contributed by atoms with Crippen molar-refractivity contribution in [1.29, 1.82) is 0 Å². The average Bonchev–Trinajstić information content (AvgIpc) is 3.00. The number of hydrogen-bond donors (Lipinski definition) is 1. The predicted molar refractivity (Wildman–Crippen MR) is 76.8 cm³/mol. The molecule has 0 aliphatic carbocycles. The second-order valence-corrected chi connectivity index (χ2v) is 4.81. The number of nitrogens with zero attached hydrogens (tertiary/aromatic N) is 2. The largest absolute Gasteiger partial charge is 0.508 e. The summed E-state index contributed by atoms with van der Waals surface area (Å²) in [4.78, 5) is 4.61. The lowest BCUT2D eigenvalue weighted by atomic mass is 10.2. The number of hydrogen-bond acceptors (Lipinski definition) is 3. The fourth-order valence-corrected chi connectivity index (χ4v) is 2.50. The Hall–Kier alpha value is -2.75. The average molecular weight is 264 g/mol. The van der Waals surface area contributed by atoms with Gasteiger partial charge in [-0.2, -0.15) is 0 Å². The van der Waals surface area contributed by atoms with Gasteiger partial charge in [-0.05, 0) is 43.3 Å². The first-order chi connectivity index (χ1) is 9.72. The Morgan fingerprint density at radius 1 is 1.15 bits per heavy atom. The van der Waals surface area contributed by atoms with Gasteiger partial charge in [0.2, 0.25) is 0 Å². The summed E-state index contributed by atoms with van der Waals surface area (Å²) in [6.07, 6.45) is 1.98. The van der Waals surface area contributed by atoms with Gasteiger partial charge in [-0.3, -0.25) is 0 Å². The van der Waals surface area contributed by atoms with Crippen molar-refractivity contribution < 1.29 is 9.52 Å². The Morgan fingerprint density at radius 2 is 2.05 bits per heavy atom. The lowest BCUT2D eigenvalue weighted by Crippen LogP contribution is -1.85. The van der Waals surface area contributed by atoms with Crippen molar-refractivity contribution in [2.75, 3.05) is 0 Å². The molecule has 20 heavy (non-hydrogen) atoms. The van der Waals surface area contributed by atoms with Crippen molar-refractivity contribution in [2.45, 2.75) is 6.92 Å². The summed E-state index contributed by atoms with van der Waals surface area (Å²) in [7, 11) is 0. The molecule has 0 saturated carbocycles. The molecule has 4 rings (SSSR count). The van der Waals surface area contributed by atoms with Gasteiger partial charge in [0.05, 0.1) is 5.69 Å². The molecule has 1 N–H and O–H groups in total. The highest BCUT2D eigenvalue weighted by molar-refractivity contribution is 5.84. The molecule has 4 heteroatoms. The van der Waals surface area contributed by atoms with E-state index in [4.69, 9.17) is 4.42 Å². The minimum atomic E-state index is 0.233. The fraction of sp³-hybridized carbons (Fsp3) is 0.0625. The highest BCUT2D eigenvalue weighted by Gasteiger charge is 2.14. The number of pyridine rings is 1. The number of aromatic nitrogens is 2. The first-order valence-electron chi connectivity index (χ1n) is 6.39. The SMILES string of the molecule is Cc1c(-c2cc3cc(O)ccc3o2)nc2ccccn12. The third kappa shape index (κ3) is 1.51. The normalized spacial score (nSPS) is 11.4. The van der Waals surface area contributed by atoms with Crippen LogP contribution in [0.2, 0.25) is 0 Å². The number of aromatic hydroxyl groups is 1. The smallest absolute Gasteiger partial charge is 0.155 e. The van der Waals surface area contributed by atoms with Gasteiger partial charge in [-0.15, -0.1) is 0 Å². The molecule has 0 saturated heterocycles. The predicted octanol–water partition coefficient (Wildman–Crippen LogP) is 3.76. The van der Waals surface area contributed by atoms with Crippen molar-refractivity contribution in [2.24, 2.45) is 0 Å². The Kier molecular flexibility index (Phi) is 2.15. The summed E-state index contributed by atoms with van der Waals surface area (Å²) >= 11 is 0. The summed E-state index contributed by atoms with van der Waals surface area (Å²) in [5, 5.41) is 10.4. The van der Waals surface area contributed by atoms with Gasteiger partial charge < -0.3 is 13.9 Å². The molecule has 0 bridgehead atoms. The van der Waals surface area contributed by atoms with Gasteiger partial charge in [-0.1, -0.05) is 6.07 Å². The van der Waals surface area contributed by atoms with E-state index in [2.05, 4.69) is 4.98 Å². The van der Waals surface area contributed by atoms with Gasteiger partial charge in [0.15, 0.2) is 5.76 Å². The number of phenols is 1. The van der Waals surface area contributed by atoms with Crippen LogP contribution in [0.3, 0.4) is 0 Å². The third-order valence-corrected chi connectivity index (χ3v) is 3.50. The monoisotopic (exact) mass is 264 g/mol. The van der Waals surface area contributed by atoms with Gasteiger partial charge in [0.1, 0.15) is 22.7 Å². The maximum absolute atomic E-state index is 9.52. The molecule has 0 aliphatic rings. The standard InChI is InChI=1S/C16H12N2O2/c1-10-16(17-15-4-2-3-7-18(10)15)14-9-11-8-12(19)5-6-13(11)20-14/h2-9,19H,1H3. The molecule has 98 valence electrons. The van der Waals surface area contributed by atoms with Crippen LogP contribution >= 0.6 is 0 Å². The van der Waals surface area contributed by atoms with E-state index < -0.39 is 0 Å². The first-order valence-corrected chi connectivity index (χ1v) is 6.39. The fourth-order valence-electron chi connectivity index (χ4n) is 2.50. The molecular weight excluding hydrogens is 252 g/mol. The zero-order valence-corrected chi connectivity index (χ0v) is 10.9. The molecule has 4 aromatic rings. The Balaban J connectivity index is 1.98. The van der Waals surface area contributed by atoms with E-state index in [1.807, 2.05) is 41.8 Å². The molecule has 4 nitrogen and oxygen atoms in total. The number of benzene rings is 1. The molecule has 0 fully saturated rings. The Labute approximate surface area is 114 Å². The van der Waals surface area contributed by atoms with Gasteiger partial charge in [-0.25, -0.2) is 4.98 Å². The van der Waals surface area contributed by atoms with Crippen LogP contribution in [0.1, 0.15) is 5.69 Å². The summed E-state index contributed by atoms with van der Waals surface area (Å²) < 4.78 is 7.86. The van der Waals surface area contributed by atoms with E-state index in [9.17, 15) is 5.11 Å². The van der Waals surface area contributed by atoms with Crippen molar-refractivity contribution >= 4 is 16.6 Å². The molecule has 0 spiro atoms. The quantitative estimate of drug-likeness (QED) is 0.569. The van der Waals surface area contributed by atoms with Crippen LogP contribution < -0.4 is 0 Å². The molecule has 3 heterocycles. The zero-order chi connectivity index (χ0) is 13.7. The van der Waals surface area contributed by atoms with E-state index in [1.54, 1.807) is 18.2 Å². The minimum Gasteiger partial charge on any atom is -0.508 e. The van der Waals surface area contributed by atoms with Gasteiger partial charge in [0.25, 0.3) is 0 Å². The number of furan rings is 1. The molecule has 1 aromatic carbocycles. The molecule has 0 aliphatic heterocycles. The molecule has 0 amide bonds. The molecular formula is C16H12N2O2. The van der Waals surface area contributed by atoms with Crippen LogP contribution in [-0.4, -0.2) is 14.5 Å². The summed E-state index contributed by atoms with van der Waals surface area (Å²) in [6.45, 7) is 2.01. The van der Waals surface area contributed by atoms with Crippen LogP contribution in [0.25, 0.3) is 28.1 Å². The second kappa shape index (κ2) is 3.87. The van der Waals surface area contributed by atoms with Crippen molar-refractivity contribution in [3.8, 4) is 17.2 Å². The number of phenolic OH excluding ortho intramolecular Hbond substituents is 1. The maximum atomic E-state index is 9.52. The minimum absolute atomic E-state index is 0.233. The number of fused-ring (bicyclic) bond motifs is 2. The van der Waals surface area contributed by atoms with Crippen LogP contribution in [0.4, 0.5) is 0 Å². The lowest BCUT2D eigenvalue weighted by molar-refractivity contribution is 0.476. The van der Waals surface area contributed by atoms with Crippen molar-refractivity contribution in [3.05, 3.63) is 54.4 Å². The summed E-state index contributed by atoms with van der Waals surface area (Å²) in [5.74, 6) is 0.948. The second-order valence-electron chi connectivity index (χ2n) is 4.81. The summed E-state index contributed by atoms with van der Waals surface area (Å²) in [6, 6.07) is 12.9. The van der Waals surface area contributed by atoms with Gasteiger partial charge in [0, 0.05) is 11.6 Å². The van der Waals surface area contributed by atoms with Crippen LogP contribution in [0.15, 0.2) is 53.1 Å². The molecule has 0 unspecified atom stereocenters. The molecule has 0 radical (unpaired) electrons. The van der Waals surface area contributed by atoms with Crippen LogP contribution in [0, 0.1) is 6.92 Å². The number of rotatable bonds is 1. The van der Waals surface area contributed by atoms with Crippen molar-refractivity contribution in [1.82, 2.24) is 9.38 Å². The summed E-state index contributed by atoms with van der Waals surface area (Å²) in [5.41, 5.74) is 3.49. The maximum Gasteiger partial charge on any atom is 0.155 e. The van der Waals surface area contributed by atoms with Crippen molar-refractivity contribution in [3.63, 3.8) is 0 Å². The van der Waals surface area contributed by atoms with E-state index in [-0.39, 0.29) is 5.75 Å². The van der Waals surface area contributed by atoms with Gasteiger partial charge >= 0.3 is 0 Å². The van der Waals surface area contributed by atoms with Crippen LogP contribution in [-0.2, 0) is 0 Å². The molecule has 0 atom stereocenters. The molecule has 3 aromatic heterocycles.